The lowest BCUT2D eigenvalue weighted by molar-refractivity contribution is -0.167. The Balaban J connectivity index is 4.41. The van der Waals surface area contributed by atoms with Crippen LogP contribution in [0.4, 0.5) is 0 Å². The molecule has 0 aromatic heterocycles. The Labute approximate surface area is 464 Å². The molecule has 75 heavy (non-hydrogen) atoms. The molecule has 0 heterocycles. The number of unbranched alkanes of at least 4 members (excludes halogenated alkanes) is 30. The molecule has 0 spiro atoms. The van der Waals surface area contributed by atoms with Gasteiger partial charge in [0.25, 0.3) is 0 Å². The first-order chi connectivity index (χ1) is 37.0. The fourth-order valence-electron chi connectivity index (χ4n) is 8.79. The summed E-state index contributed by atoms with van der Waals surface area (Å²) in [5, 5.41) is 0. The number of carbonyl (C=O) groups is 3. The maximum atomic E-state index is 12.9. The molecule has 0 saturated carbocycles. The molecule has 0 rings (SSSR count). The zero-order valence-corrected chi connectivity index (χ0v) is 49.3. The molecule has 6 nitrogen and oxygen atoms in total. The fourth-order valence-corrected chi connectivity index (χ4v) is 8.79. The molecular weight excluding hydrogens is 925 g/mol. The van der Waals surface area contributed by atoms with Crippen LogP contribution in [0.3, 0.4) is 0 Å². The molecule has 430 valence electrons. The second kappa shape index (κ2) is 62.9. The maximum Gasteiger partial charge on any atom is 0.306 e. The predicted octanol–water partition coefficient (Wildman–Crippen LogP) is 21.7. The highest BCUT2D eigenvalue weighted by Gasteiger charge is 2.19. The Kier molecular flexibility index (Phi) is 59.8. The predicted molar refractivity (Wildman–Crippen MR) is 325 cm³/mol. The molecule has 0 N–H and O–H groups in total. The minimum absolute atomic E-state index is 0.0952. The van der Waals surface area contributed by atoms with Crippen molar-refractivity contribution < 1.29 is 28.6 Å². The van der Waals surface area contributed by atoms with Crippen LogP contribution in [-0.4, -0.2) is 37.2 Å². The van der Waals surface area contributed by atoms with Gasteiger partial charge in [-0.25, -0.2) is 0 Å². The van der Waals surface area contributed by atoms with Gasteiger partial charge < -0.3 is 14.2 Å². The second-order valence-corrected chi connectivity index (χ2v) is 20.9. The largest absolute Gasteiger partial charge is 0.462 e. The molecular formula is C69H118O6. The molecule has 1 atom stereocenters. The first-order valence-electron chi connectivity index (χ1n) is 31.7. The minimum Gasteiger partial charge on any atom is -0.462 e. The molecule has 0 fully saturated rings. The van der Waals surface area contributed by atoms with E-state index in [1.54, 1.807) is 0 Å². The maximum absolute atomic E-state index is 12.9. The van der Waals surface area contributed by atoms with Gasteiger partial charge in [0, 0.05) is 19.3 Å². The number of carbonyl (C=O) groups excluding carboxylic acids is 3. The molecule has 0 amide bonds. The number of ether oxygens (including phenoxy) is 3. The Bertz CT molecular complexity index is 1480. The number of rotatable bonds is 57. The number of allylic oxidation sites excluding steroid dienone is 16. The van der Waals surface area contributed by atoms with Gasteiger partial charge in [-0.1, -0.05) is 259 Å². The summed E-state index contributed by atoms with van der Waals surface area (Å²) in [6.45, 7) is 6.49. The third-order valence-corrected chi connectivity index (χ3v) is 13.5. The van der Waals surface area contributed by atoms with E-state index in [0.717, 1.165) is 103 Å². The highest BCUT2D eigenvalue weighted by atomic mass is 16.6. The van der Waals surface area contributed by atoms with Gasteiger partial charge in [0.1, 0.15) is 13.2 Å². The highest BCUT2D eigenvalue weighted by Crippen LogP contribution is 2.15. The SMILES string of the molecule is CC/C=C\C/C=C\C/C=C\C/C=C\CCCCC(=O)OCC(COC(=O)CCCCCCCCCC/C=C\C/C=C\C/C=C\CCCCCCC)OC(=O)CCCCCCCCCCC/C=C\CCCCCCCC. The third-order valence-electron chi connectivity index (χ3n) is 13.5. The summed E-state index contributed by atoms with van der Waals surface area (Å²) in [4.78, 5) is 38.3. The highest BCUT2D eigenvalue weighted by molar-refractivity contribution is 5.71. The van der Waals surface area contributed by atoms with Gasteiger partial charge >= 0.3 is 17.9 Å². The normalized spacial score (nSPS) is 12.7. The fraction of sp³-hybridized carbons (Fsp3) is 0.725. The van der Waals surface area contributed by atoms with Crippen LogP contribution < -0.4 is 0 Å². The average Bonchev–Trinajstić information content (AvgIpc) is 3.41. The quantitative estimate of drug-likeness (QED) is 0.0261. The van der Waals surface area contributed by atoms with E-state index < -0.39 is 6.10 Å². The Morgan fingerprint density at radius 1 is 0.280 bits per heavy atom. The topological polar surface area (TPSA) is 78.9 Å². The molecule has 0 saturated heterocycles. The summed E-state index contributed by atoms with van der Waals surface area (Å²) in [6, 6.07) is 0. The van der Waals surface area contributed by atoms with Crippen LogP contribution in [0.2, 0.25) is 0 Å². The minimum atomic E-state index is -0.801. The second-order valence-electron chi connectivity index (χ2n) is 20.9. The number of hydrogen-bond acceptors (Lipinski definition) is 6. The first-order valence-corrected chi connectivity index (χ1v) is 31.7. The van der Waals surface area contributed by atoms with Crippen LogP contribution in [0.1, 0.15) is 303 Å². The van der Waals surface area contributed by atoms with Gasteiger partial charge in [0.2, 0.25) is 0 Å². The van der Waals surface area contributed by atoms with Crippen molar-refractivity contribution in [3.63, 3.8) is 0 Å². The Morgan fingerprint density at radius 2 is 0.520 bits per heavy atom. The monoisotopic (exact) mass is 1040 g/mol. The molecule has 1 unspecified atom stereocenters. The molecule has 0 aliphatic heterocycles. The van der Waals surface area contributed by atoms with Crippen molar-refractivity contribution in [1.82, 2.24) is 0 Å². The van der Waals surface area contributed by atoms with E-state index >= 15 is 0 Å². The van der Waals surface area contributed by atoms with Crippen molar-refractivity contribution >= 4 is 17.9 Å². The van der Waals surface area contributed by atoms with E-state index in [9.17, 15) is 14.4 Å². The Morgan fingerprint density at radius 3 is 0.853 bits per heavy atom. The zero-order chi connectivity index (χ0) is 54.3. The van der Waals surface area contributed by atoms with Crippen LogP contribution in [0, 0.1) is 0 Å². The summed E-state index contributed by atoms with van der Waals surface area (Å²) < 4.78 is 16.9. The summed E-state index contributed by atoms with van der Waals surface area (Å²) in [7, 11) is 0. The van der Waals surface area contributed by atoms with Crippen molar-refractivity contribution in [3.05, 3.63) is 97.2 Å². The van der Waals surface area contributed by atoms with Gasteiger partial charge in [0.15, 0.2) is 6.10 Å². The summed E-state index contributed by atoms with van der Waals surface area (Å²) in [6.07, 6.45) is 84.1. The van der Waals surface area contributed by atoms with Crippen molar-refractivity contribution in [3.8, 4) is 0 Å². The van der Waals surface area contributed by atoms with Crippen LogP contribution in [-0.2, 0) is 28.6 Å². The van der Waals surface area contributed by atoms with E-state index in [-0.39, 0.29) is 31.1 Å². The van der Waals surface area contributed by atoms with Crippen LogP contribution in [0.5, 0.6) is 0 Å². The van der Waals surface area contributed by atoms with Gasteiger partial charge in [-0.2, -0.15) is 0 Å². The average molecular weight is 1040 g/mol. The van der Waals surface area contributed by atoms with Crippen molar-refractivity contribution in [2.24, 2.45) is 0 Å². The smallest absolute Gasteiger partial charge is 0.306 e. The zero-order valence-electron chi connectivity index (χ0n) is 49.3. The standard InChI is InChI=1S/C69H118O6/c1-4-7-10-13-16-19-22-25-28-30-32-33-34-35-37-38-41-44-47-50-53-56-59-62-68(71)74-65-66(64-73-67(70)61-58-55-52-49-46-43-40-27-24-21-18-15-12-9-6-3)75-69(72)63-60-57-54-51-48-45-42-39-36-31-29-26-23-20-17-14-11-8-5-2/h9,12,18,21-22,25-27,29-30,32,34-35,40,46,49,66H,4-8,10-11,13-17,19-20,23-24,28,31,33,36-39,41-45,47-48,50-65H2,1-3H3/b12-9-,21-18-,25-22-,29-26-,32-30-,35-34-,40-27-,49-46-. The van der Waals surface area contributed by atoms with E-state index in [4.69, 9.17) is 14.2 Å². The van der Waals surface area contributed by atoms with Crippen molar-refractivity contribution in [2.75, 3.05) is 13.2 Å². The van der Waals surface area contributed by atoms with E-state index in [1.165, 1.54) is 161 Å². The van der Waals surface area contributed by atoms with Gasteiger partial charge in [0.05, 0.1) is 0 Å². The molecule has 0 aliphatic rings. The summed E-state index contributed by atoms with van der Waals surface area (Å²) in [5.74, 6) is -0.938. The molecule has 0 aromatic rings. The summed E-state index contributed by atoms with van der Waals surface area (Å²) in [5.41, 5.74) is 0. The van der Waals surface area contributed by atoms with Gasteiger partial charge in [-0.15, -0.1) is 0 Å². The Hall–Kier alpha value is -3.67. The van der Waals surface area contributed by atoms with Crippen molar-refractivity contribution in [1.29, 1.82) is 0 Å². The third kappa shape index (κ3) is 61.1. The molecule has 6 heteroatoms. The molecule has 0 bridgehead atoms. The molecule has 0 aromatic carbocycles. The lowest BCUT2D eigenvalue weighted by Gasteiger charge is -2.18. The number of esters is 3. The van der Waals surface area contributed by atoms with E-state index in [0.29, 0.717) is 19.3 Å². The van der Waals surface area contributed by atoms with Gasteiger partial charge in [-0.05, 0) is 122 Å². The lowest BCUT2D eigenvalue weighted by Crippen LogP contribution is -2.30. The van der Waals surface area contributed by atoms with E-state index in [2.05, 4.69) is 118 Å². The van der Waals surface area contributed by atoms with Crippen LogP contribution in [0.25, 0.3) is 0 Å². The van der Waals surface area contributed by atoms with Gasteiger partial charge in [-0.3, -0.25) is 14.4 Å². The van der Waals surface area contributed by atoms with Crippen LogP contribution in [0.15, 0.2) is 97.2 Å². The number of hydrogen-bond donors (Lipinski definition) is 0. The van der Waals surface area contributed by atoms with Crippen LogP contribution >= 0.6 is 0 Å². The lowest BCUT2D eigenvalue weighted by atomic mass is 10.1. The van der Waals surface area contributed by atoms with Crippen molar-refractivity contribution in [2.45, 2.75) is 309 Å². The molecule has 0 aliphatic carbocycles. The molecule has 0 radical (unpaired) electrons. The summed E-state index contributed by atoms with van der Waals surface area (Å²) >= 11 is 0. The van der Waals surface area contributed by atoms with E-state index in [1.807, 2.05) is 0 Å². The first kappa shape index (κ1) is 71.3.